The lowest BCUT2D eigenvalue weighted by atomic mass is 9.84. The number of amides is 2. The highest BCUT2D eigenvalue weighted by Crippen LogP contribution is 2.42. The lowest BCUT2D eigenvalue weighted by Crippen LogP contribution is -2.65. The molecule has 2 aliphatic heterocycles. The van der Waals surface area contributed by atoms with Crippen molar-refractivity contribution in [3.63, 3.8) is 0 Å². The van der Waals surface area contributed by atoms with E-state index in [1.807, 2.05) is 54.6 Å². The second kappa shape index (κ2) is 13.0. The molecule has 10 nitrogen and oxygen atoms in total. The van der Waals surface area contributed by atoms with Crippen LogP contribution < -0.4 is 20.3 Å². The SMILES string of the molecule is CN[C@@H](C)C(=O)N[C@@H]1C(=O)N(Cc2c(C#N)n(-c3ccccc3C#N)c3ccccc23)c2ccccc2OC12CCOCC2.Cl. The summed E-state index contributed by atoms with van der Waals surface area (Å²) in [6, 6.07) is 25.1. The molecule has 2 N–H and O–H groups in total. The average Bonchev–Trinajstić information content (AvgIpc) is 3.34. The third-order valence-electron chi connectivity index (χ3n) is 8.63. The third kappa shape index (κ3) is 5.49. The van der Waals surface area contributed by atoms with Crippen molar-refractivity contribution >= 4 is 40.8 Å². The Bertz CT molecular complexity index is 1830. The Labute approximate surface area is 267 Å². The molecule has 1 fully saturated rings. The first kappa shape index (κ1) is 31.6. The number of fused-ring (bicyclic) bond motifs is 2. The van der Waals surface area contributed by atoms with Gasteiger partial charge in [0.15, 0.2) is 0 Å². The van der Waals surface area contributed by atoms with Crippen molar-refractivity contribution in [3.8, 4) is 23.6 Å². The van der Waals surface area contributed by atoms with Crippen LogP contribution in [0, 0.1) is 22.7 Å². The van der Waals surface area contributed by atoms with E-state index in [-0.39, 0.29) is 30.8 Å². The lowest BCUT2D eigenvalue weighted by molar-refractivity contribution is -0.138. The van der Waals surface area contributed by atoms with Crippen LogP contribution in [0.1, 0.15) is 36.6 Å². The minimum atomic E-state index is -1.03. The van der Waals surface area contributed by atoms with E-state index in [0.717, 1.165) is 10.9 Å². The molecule has 1 aromatic heterocycles. The van der Waals surface area contributed by atoms with Gasteiger partial charge in [-0.05, 0) is 44.3 Å². The number of nitrogens with one attached hydrogen (secondary N) is 2. The number of hydrogen-bond acceptors (Lipinski definition) is 7. The number of ether oxygens (including phenoxy) is 2. The Hall–Kier alpha value is -4.87. The number of carbonyl (C=O) groups is 2. The van der Waals surface area contributed by atoms with E-state index in [9.17, 15) is 20.1 Å². The van der Waals surface area contributed by atoms with Gasteiger partial charge >= 0.3 is 0 Å². The molecule has 0 radical (unpaired) electrons. The second-order valence-corrected chi connectivity index (χ2v) is 11.0. The first-order chi connectivity index (χ1) is 21.4. The summed E-state index contributed by atoms with van der Waals surface area (Å²) in [5, 5.41) is 27.2. The molecule has 3 aromatic carbocycles. The van der Waals surface area contributed by atoms with Crippen molar-refractivity contribution < 1.29 is 19.1 Å². The van der Waals surface area contributed by atoms with E-state index in [1.165, 1.54) is 0 Å². The first-order valence-electron chi connectivity index (χ1n) is 14.6. The molecule has 0 unspecified atom stereocenters. The van der Waals surface area contributed by atoms with Gasteiger partial charge in [-0.25, -0.2) is 0 Å². The molecule has 1 saturated heterocycles. The molecule has 11 heteroatoms. The number of aromatic nitrogens is 1. The van der Waals surface area contributed by atoms with Gasteiger partial charge in [0.25, 0.3) is 5.91 Å². The second-order valence-electron chi connectivity index (χ2n) is 11.0. The van der Waals surface area contributed by atoms with Gasteiger partial charge in [-0.3, -0.25) is 14.2 Å². The van der Waals surface area contributed by atoms with Gasteiger partial charge in [-0.15, -0.1) is 12.4 Å². The zero-order chi connectivity index (χ0) is 30.8. The van der Waals surface area contributed by atoms with E-state index >= 15 is 0 Å². The molecule has 0 bridgehead atoms. The van der Waals surface area contributed by atoms with Crippen LogP contribution in [0.25, 0.3) is 16.6 Å². The summed E-state index contributed by atoms with van der Waals surface area (Å²) < 4.78 is 14.2. The number of hydrogen-bond donors (Lipinski definition) is 2. The average molecular weight is 625 g/mol. The fraction of sp³-hybridized carbons (Fsp3) is 0.294. The molecule has 2 aliphatic rings. The minimum Gasteiger partial charge on any atom is -0.482 e. The Morgan fingerprint density at radius 1 is 1.00 bits per heavy atom. The molecule has 4 aromatic rings. The summed E-state index contributed by atoms with van der Waals surface area (Å²) in [5.41, 5.74) is 2.18. The molecule has 0 aliphatic carbocycles. The molecule has 230 valence electrons. The van der Waals surface area contributed by atoms with E-state index < -0.39 is 17.7 Å². The van der Waals surface area contributed by atoms with Crippen LogP contribution in [-0.2, 0) is 20.9 Å². The standard InChI is InChI=1S/C34H32N6O4.ClH/c1-22(37-2)32(41)38-31-33(42)39(28-13-7-8-14-30(28)44-34(31)15-17-43-18-16-34)21-25-24-10-4-6-12-27(24)40(29(25)20-36)26-11-5-3-9-23(26)19-35;/h3-14,22,31,37H,15-18,21H2,1-2H3,(H,38,41);1H/t22-,31+;/m0./s1. The number of nitriles is 2. The maximum atomic E-state index is 14.8. The number of rotatable bonds is 6. The Morgan fingerprint density at radius 3 is 2.38 bits per heavy atom. The number of benzene rings is 3. The molecule has 3 heterocycles. The van der Waals surface area contributed by atoms with Gasteiger partial charge in [0.2, 0.25) is 5.91 Å². The molecule has 0 saturated carbocycles. The Kier molecular flexibility index (Phi) is 9.12. The van der Waals surface area contributed by atoms with Crippen LogP contribution in [-0.4, -0.2) is 54.3 Å². The number of carbonyl (C=O) groups excluding carboxylic acids is 2. The zero-order valence-corrected chi connectivity index (χ0v) is 25.8. The fourth-order valence-corrected chi connectivity index (χ4v) is 6.16. The van der Waals surface area contributed by atoms with Gasteiger partial charge < -0.3 is 25.0 Å². The summed E-state index contributed by atoms with van der Waals surface area (Å²) >= 11 is 0. The van der Waals surface area contributed by atoms with Crippen LogP contribution in [0.15, 0.2) is 72.8 Å². The van der Waals surface area contributed by atoms with Crippen molar-refractivity contribution in [2.45, 2.75) is 44.0 Å². The largest absolute Gasteiger partial charge is 0.482 e. The van der Waals surface area contributed by atoms with E-state index in [1.54, 1.807) is 41.6 Å². The van der Waals surface area contributed by atoms with Gasteiger partial charge in [0.1, 0.15) is 35.2 Å². The van der Waals surface area contributed by atoms with Gasteiger partial charge in [-0.2, -0.15) is 10.5 Å². The quantitative estimate of drug-likeness (QED) is 0.326. The Morgan fingerprint density at radius 2 is 1.67 bits per heavy atom. The van der Waals surface area contributed by atoms with Crippen LogP contribution >= 0.6 is 12.4 Å². The van der Waals surface area contributed by atoms with Crippen LogP contribution in [0.3, 0.4) is 0 Å². The molecule has 2 amide bonds. The summed E-state index contributed by atoms with van der Waals surface area (Å²) in [6.07, 6.45) is 0.820. The van der Waals surface area contributed by atoms with Crippen molar-refractivity contribution in [1.82, 2.24) is 15.2 Å². The topological polar surface area (TPSA) is 132 Å². The zero-order valence-electron chi connectivity index (χ0n) is 24.9. The van der Waals surface area contributed by atoms with Crippen molar-refractivity contribution in [2.75, 3.05) is 25.2 Å². The van der Waals surface area contributed by atoms with Crippen LogP contribution in [0.5, 0.6) is 5.75 Å². The lowest BCUT2D eigenvalue weighted by Gasteiger charge is -2.41. The summed E-state index contributed by atoms with van der Waals surface area (Å²) in [4.78, 5) is 29.6. The number of para-hydroxylation sites is 4. The first-order valence-corrected chi connectivity index (χ1v) is 14.6. The molecule has 1 spiro atoms. The third-order valence-corrected chi connectivity index (χ3v) is 8.63. The van der Waals surface area contributed by atoms with Gasteiger partial charge in [0, 0.05) is 23.8 Å². The van der Waals surface area contributed by atoms with Gasteiger partial charge in [-0.1, -0.05) is 42.5 Å². The highest BCUT2D eigenvalue weighted by atomic mass is 35.5. The highest BCUT2D eigenvalue weighted by Gasteiger charge is 2.52. The normalized spacial score (nSPS) is 17.6. The Balaban J connectivity index is 0.00000400. The summed E-state index contributed by atoms with van der Waals surface area (Å²) in [6.45, 7) is 2.53. The predicted octanol–water partition coefficient (Wildman–Crippen LogP) is 4.36. The van der Waals surface area contributed by atoms with E-state index in [4.69, 9.17) is 9.47 Å². The molecule has 45 heavy (non-hydrogen) atoms. The predicted molar refractivity (Wildman–Crippen MR) is 171 cm³/mol. The van der Waals surface area contributed by atoms with Crippen molar-refractivity contribution in [3.05, 3.63) is 89.6 Å². The molecule has 2 atom stereocenters. The number of nitrogens with zero attached hydrogens (tertiary/aromatic N) is 4. The maximum Gasteiger partial charge on any atom is 0.254 e. The van der Waals surface area contributed by atoms with E-state index in [2.05, 4.69) is 22.8 Å². The molecule has 6 rings (SSSR count). The smallest absolute Gasteiger partial charge is 0.254 e. The van der Waals surface area contributed by atoms with Crippen LogP contribution in [0.2, 0.25) is 0 Å². The molecular weight excluding hydrogens is 592 g/mol. The van der Waals surface area contributed by atoms with Crippen molar-refractivity contribution in [1.29, 1.82) is 10.5 Å². The molecular formula is C34H33ClN6O4. The van der Waals surface area contributed by atoms with Crippen molar-refractivity contribution in [2.24, 2.45) is 0 Å². The summed E-state index contributed by atoms with van der Waals surface area (Å²) in [7, 11) is 1.69. The summed E-state index contributed by atoms with van der Waals surface area (Å²) in [5.74, 6) is -0.154. The van der Waals surface area contributed by atoms with Crippen LogP contribution in [0.4, 0.5) is 5.69 Å². The monoisotopic (exact) mass is 624 g/mol. The van der Waals surface area contributed by atoms with E-state index in [0.29, 0.717) is 60.0 Å². The highest BCUT2D eigenvalue weighted by molar-refractivity contribution is 6.03. The fourth-order valence-electron chi connectivity index (χ4n) is 6.16. The number of halogens is 1. The maximum absolute atomic E-state index is 14.8. The van der Waals surface area contributed by atoms with Gasteiger partial charge in [0.05, 0.1) is 48.3 Å². The number of anilines is 1. The minimum absolute atomic E-state index is 0. The number of likely N-dealkylation sites (N-methyl/N-ethyl adjacent to an activating group) is 1.